The van der Waals surface area contributed by atoms with Crippen molar-refractivity contribution in [1.82, 2.24) is 5.32 Å². The lowest BCUT2D eigenvalue weighted by molar-refractivity contribution is -0.127. The minimum Gasteiger partial charge on any atom is -0.481 e. The number of aliphatic hydroxyl groups is 1. The van der Waals surface area contributed by atoms with Crippen LogP contribution < -0.4 is 10.1 Å². The third-order valence-electron chi connectivity index (χ3n) is 3.57. The highest BCUT2D eigenvalue weighted by atomic mass is 19.1. The van der Waals surface area contributed by atoms with Gasteiger partial charge in [0.05, 0.1) is 6.10 Å². The Morgan fingerprint density at radius 1 is 1.45 bits per heavy atom. The molecule has 1 amide bonds. The van der Waals surface area contributed by atoms with Crippen molar-refractivity contribution in [3.05, 3.63) is 30.1 Å². The number of benzene rings is 1. The number of carbonyl (C=O) groups is 1. The van der Waals surface area contributed by atoms with Crippen LogP contribution in [0.2, 0.25) is 0 Å². The van der Waals surface area contributed by atoms with Crippen LogP contribution in [0.15, 0.2) is 24.3 Å². The average Bonchev–Trinajstić information content (AvgIpc) is 2.84. The predicted octanol–water partition coefficient (Wildman–Crippen LogP) is 1.87. The van der Waals surface area contributed by atoms with Crippen LogP contribution in [0.4, 0.5) is 4.39 Å². The van der Waals surface area contributed by atoms with Gasteiger partial charge >= 0.3 is 0 Å². The number of rotatable bonds is 5. The molecule has 0 aromatic heterocycles. The summed E-state index contributed by atoms with van der Waals surface area (Å²) < 4.78 is 18.2. The third-order valence-corrected chi connectivity index (χ3v) is 3.57. The Balaban J connectivity index is 1.75. The molecule has 3 atom stereocenters. The van der Waals surface area contributed by atoms with Crippen LogP contribution in [0.25, 0.3) is 0 Å². The molecule has 3 unspecified atom stereocenters. The summed E-state index contributed by atoms with van der Waals surface area (Å²) in [5.41, 5.74) is 0. The van der Waals surface area contributed by atoms with Crippen LogP contribution in [-0.4, -0.2) is 29.8 Å². The largest absolute Gasteiger partial charge is 0.481 e. The SMILES string of the molecule is CC(Oc1ccc(F)cc1)C(=O)NCC1CCC(O)C1. The summed E-state index contributed by atoms with van der Waals surface area (Å²) in [7, 11) is 0. The monoisotopic (exact) mass is 281 g/mol. The maximum absolute atomic E-state index is 12.8. The number of hydrogen-bond donors (Lipinski definition) is 2. The van der Waals surface area contributed by atoms with Gasteiger partial charge < -0.3 is 15.2 Å². The Kier molecular flexibility index (Phi) is 4.95. The molecule has 2 rings (SSSR count). The Morgan fingerprint density at radius 2 is 2.15 bits per heavy atom. The van der Waals surface area contributed by atoms with E-state index < -0.39 is 6.10 Å². The van der Waals surface area contributed by atoms with Crippen molar-refractivity contribution in [2.45, 2.75) is 38.4 Å². The summed E-state index contributed by atoms with van der Waals surface area (Å²) in [6.45, 7) is 2.22. The van der Waals surface area contributed by atoms with Gasteiger partial charge in [0.1, 0.15) is 11.6 Å². The molecule has 5 heteroatoms. The van der Waals surface area contributed by atoms with Crippen molar-refractivity contribution in [3.63, 3.8) is 0 Å². The lowest BCUT2D eigenvalue weighted by Gasteiger charge is -2.16. The molecule has 4 nitrogen and oxygen atoms in total. The van der Waals surface area contributed by atoms with Crippen LogP contribution in [0, 0.1) is 11.7 Å². The number of halogens is 1. The van der Waals surface area contributed by atoms with E-state index in [0.29, 0.717) is 18.2 Å². The normalized spacial score (nSPS) is 23.4. The molecular formula is C15H20FNO3. The molecule has 0 bridgehead atoms. The lowest BCUT2D eigenvalue weighted by Crippen LogP contribution is -2.38. The van der Waals surface area contributed by atoms with Gasteiger partial charge in [-0.1, -0.05) is 0 Å². The van der Waals surface area contributed by atoms with Gasteiger partial charge in [-0.05, 0) is 56.4 Å². The molecule has 1 aromatic carbocycles. The molecule has 0 spiro atoms. The van der Waals surface area contributed by atoms with Gasteiger partial charge in [0.2, 0.25) is 0 Å². The number of carbonyl (C=O) groups excluding carboxylic acids is 1. The van der Waals surface area contributed by atoms with Crippen molar-refractivity contribution < 1.29 is 19.0 Å². The molecule has 0 saturated heterocycles. The van der Waals surface area contributed by atoms with Crippen molar-refractivity contribution in [1.29, 1.82) is 0 Å². The van der Waals surface area contributed by atoms with Crippen molar-refractivity contribution >= 4 is 5.91 Å². The van der Waals surface area contributed by atoms with E-state index in [1.165, 1.54) is 24.3 Å². The first-order valence-electron chi connectivity index (χ1n) is 6.92. The van der Waals surface area contributed by atoms with Gasteiger partial charge in [-0.2, -0.15) is 0 Å². The molecule has 0 heterocycles. The molecule has 1 aliphatic rings. The third kappa shape index (κ3) is 4.20. The van der Waals surface area contributed by atoms with Gasteiger partial charge in [-0.25, -0.2) is 4.39 Å². The Bertz CT molecular complexity index is 449. The highest BCUT2D eigenvalue weighted by molar-refractivity contribution is 5.80. The second kappa shape index (κ2) is 6.70. The summed E-state index contributed by atoms with van der Waals surface area (Å²) >= 11 is 0. The van der Waals surface area contributed by atoms with Gasteiger partial charge in [0, 0.05) is 6.54 Å². The number of amides is 1. The molecule has 110 valence electrons. The summed E-state index contributed by atoms with van der Waals surface area (Å²) in [5, 5.41) is 12.3. The number of hydrogen-bond acceptors (Lipinski definition) is 3. The first-order chi connectivity index (χ1) is 9.54. The van der Waals surface area contributed by atoms with E-state index in [0.717, 1.165) is 19.3 Å². The van der Waals surface area contributed by atoms with Crippen LogP contribution in [-0.2, 0) is 4.79 Å². The number of nitrogens with one attached hydrogen (secondary N) is 1. The maximum atomic E-state index is 12.8. The summed E-state index contributed by atoms with van der Waals surface area (Å²) in [4.78, 5) is 11.9. The molecule has 1 fully saturated rings. The molecule has 20 heavy (non-hydrogen) atoms. The topological polar surface area (TPSA) is 58.6 Å². The van der Waals surface area contributed by atoms with Crippen molar-refractivity contribution in [2.24, 2.45) is 5.92 Å². The maximum Gasteiger partial charge on any atom is 0.260 e. The molecular weight excluding hydrogens is 261 g/mol. The molecule has 0 aliphatic heterocycles. The van der Waals surface area contributed by atoms with E-state index >= 15 is 0 Å². The summed E-state index contributed by atoms with van der Waals surface area (Å²) in [6.07, 6.45) is 1.63. The van der Waals surface area contributed by atoms with Crippen LogP contribution >= 0.6 is 0 Å². The minimum absolute atomic E-state index is 0.198. The Morgan fingerprint density at radius 3 is 2.75 bits per heavy atom. The zero-order valence-corrected chi connectivity index (χ0v) is 11.5. The molecule has 0 radical (unpaired) electrons. The zero-order chi connectivity index (χ0) is 14.5. The second-order valence-corrected chi connectivity index (χ2v) is 5.29. The molecule has 1 saturated carbocycles. The minimum atomic E-state index is -0.633. The first-order valence-corrected chi connectivity index (χ1v) is 6.92. The first kappa shape index (κ1) is 14.8. The summed E-state index contributed by atoms with van der Waals surface area (Å²) in [6, 6.07) is 5.57. The Hall–Kier alpha value is -1.62. The fourth-order valence-electron chi connectivity index (χ4n) is 2.39. The van der Waals surface area contributed by atoms with Gasteiger partial charge in [0.25, 0.3) is 5.91 Å². The van der Waals surface area contributed by atoms with E-state index in [4.69, 9.17) is 4.74 Å². The standard InChI is InChI=1S/C15H20FNO3/c1-10(20-14-6-3-12(16)4-7-14)15(19)17-9-11-2-5-13(18)8-11/h3-4,6-7,10-11,13,18H,2,5,8-9H2,1H3,(H,17,19). The quantitative estimate of drug-likeness (QED) is 0.866. The zero-order valence-electron chi connectivity index (χ0n) is 11.5. The Labute approximate surface area is 117 Å². The number of aliphatic hydroxyl groups excluding tert-OH is 1. The molecule has 1 aromatic rings. The molecule has 1 aliphatic carbocycles. The average molecular weight is 281 g/mol. The van der Waals surface area contributed by atoms with E-state index in [9.17, 15) is 14.3 Å². The van der Waals surface area contributed by atoms with Crippen LogP contribution in [0.3, 0.4) is 0 Å². The van der Waals surface area contributed by atoms with E-state index in [1.54, 1.807) is 6.92 Å². The predicted molar refractivity (Wildman–Crippen MR) is 72.8 cm³/mol. The fourth-order valence-corrected chi connectivity index (χ4v) is 2.39. The van der Waals surface area contributed by atoms with Gasteiger partial charge in [-0.15, -0.1) is 0 Å². The highest BCUT2D eigenvalue weighted by Crippen LogP contribution is 2.24. The molecule has 2 N–H and O–H groups in total. The summed E-state index contributed by atoms with van der Waals surface area (Å²) in [5.74, 6) is 0.266. The fraction of sp³-hybridized carbons (Fsp3) is 0.533. The van der Waals surface area contributed by atoms with Crippen LogP contribution in [0.5, 0.6) is 5.75 Å². The second-order valence-electron chi connectivity index (χ2n) is 5.29. The van der Waals surface area contributed by atoms with E-state index in [1.807, 2.05) is 0 Å². The smallest absolute Gasteiger partial charge is 0.260 e. The van der Waals surface area contributed by atoms with Crippen molar-refractivity contribution in [2.75, 3.05) is 6.54 Å². The highest BCUT2D eigenvalue weighted by Gasteiger charge is 2.24. The van der Waals surface area contributed by atoms with E-state index in [-0.39, 0.29) is 17.8 Å². The van der Waals surface area contributed by atoms with E-state index in [2.05, 4.69) is 5.32 Å². The van der Waals surface area contributed by atoms with Crippen molar-refractivity contribution in [3.8, 4) is 5.75 Å². The number of ether oxygens (including phenoxy) is 1. The lowest BCUT2D eigenvalue weighted by atomic mass is 10.1. The van der Waals surface area contributed by atoms with Gasteiger partial charge in [0.15, 0.2) is 6.10 Å². The van der Waals surface area contributed by atoms with Gasteiger partial charge in [-0.3, -0.25) is 4.79 Å². The van der Waals surface area contributed by atoms with Crippen LogP contribution in [0.1, 0.15) is 26.2 Å².